The molecule has 0 bridgehead atoms. The lowest BCUT2D eigenvalue weighted by molar-refractivity contribution is 0.0951. The van der Waals surface area contributed by atoms with Crippen molar-refractivity contribution in [3.05, 3.63) is 69.2 Å². The quantitative estimate of drug-likeness (QED) is 0.670. The van der Waals surface area contributed by atoms with Gasteiger partial charge in [0.05, 0.1) is 28.6 Å². The van der Waals surface area contributed by atoms with Gasteiger partial charge in [-0.3, -0.25) is 14.2 Å². The normalized spacial score (nSPS) is 10.9. The van der Waals surface area contributed by atoms with Crippen molar-refractivity contribution in [1.82, 2.24) is 24.9 Å². The molecule has 0 fully saturated rings. The number of halogens is 1. The first-order chi connectivity index (χ1) is 12.5. The molecule has 0 saturated carbocycles. The van der Waals surface area contributed by atoms with Gasteiger partial charge in [-0.15, -0.1) is 0 Å². The third-order valence-electron chi connectivity index (χ3n) is 4.31. The topological polar surface area (TPSA) is 64.7 Å². The molecular weight excluding hydrogens is 394 g/mol. The van der Waals surface area contributed by atoms with Gasteiger partial charge in [0, 0.05) is 30.4 Å². The summed E-state index contributed by atoms with van der Waals surface area (Å²) in [5, 5.41) is 11.6. The van der Waals surface area contributed by atoms with Crippen LogP contribution in [0.25, 0.3) is 0 Å². The lowest BCUT2D eigenvalue weighted by Crippen LogP contribution is -2.22. The zero-order valence-corrected chi connectivity index (χ0v) is 16.7. The van der Waals surface area contributed by atoms with E-state index in [0.29, 0.717) is 18.7 Å². The maximum absolute atomic E-state index is 12.3. The first-order valence-electron chi connectivity index (χ1n) is 8.56. The Morgan fingerprint density at radius 2 is 1.92 bits per heavy atom. The smallest absolute Gasteiger partial charge is 0.251 e. The van der Waals surface area contributed by atoms with Gasteiger partial charge < -0.3 is 5.32 Å². The molecule has 7 heteroatoms. The fraction of sp³-hybridized carbons (Fsp3) is 0.316. The van der Waals surface area contributed by atoms with E-state index in [0.717, 1.165) is 33.5 Å². The number of aryl methyl sites for hydroxylation is 2. The van der Waals surface area contributed by atoms with E-state index >= 15 is 0 Å². The Bertz CT molecular complexity index is 911. The zero-order chi connectivity index (χ0) is 18.7. The molecule has 0 aliphatic rings. The summed E-state index contributed by atoms with van der Waals surface area (Å²) >= 11 is 3.54. The molecule has 0 saturated heterocycles. The van der Waals surface area contributed by atoms with Crippen LogP contribution in [0.2, 0.25) is 0 Å². The molecule has 0 spiro atoms. The highest BCUT2D eigenvalue weighted by Gasteiger charge is 2.10. The van der Waals surface area contributed by atoms with Crippen LogP contribution in [0.1, 0.15) is 39.8 Å². The molecule has 3 aromatic rings. The van der Waals surface area contributed by atoms with Crippen molar-refractivity contribution in [2.75, 3.05) is 0 Å². The molecular formula is C19H22BrN5O. The van der Waals surface area contributed by atoms with Crippen molar-refractivity contribution in [2.24, 2.45) is 0 Å². The Balaban J connectivity index is 1.61. The highest BCUT2D eigenvalue weighted by atomic mass is 79.9. The summed E-state index contributed by atoms with van der Waals surface area (Å²) in [5.74, 6) is -0.0883. The highest BCUT2D eigenvalue weighted by Crippen LogP contribution is 2.20. The second-order valence-corrected chi connectivity index (χ2v) is 7.02. The van der Waals surface area contributed by atoms with Gasteiger partial charge in [-0.1, -0.05) is 12.1 Å². The lowest BCUT2D eigenvalue weighted by Gasteiger charge is -2.07. The van der Waals surface area contributed by atoms with Crippen LogP contribution in [-0.4, -0.2) is 25.5 Å². The van der Waals surface area contributed by atoms with Crippen molar-refractivity contribution in [3.63, 3.8) is 0 Å². The van der Waals surface area contributed by atoms with Crippen molar-refractivity contribution < 1.29 is 4.79 Å². The number of nitrogens with one attached hydrogen (secondary N) is 1. The van der Waals surface area contributed by atoms with Crippen LogP contribution in [0.3, 0.4) is 0 Å². The summed E-state index contributed by atoms with van der Waals surface area (Å²) < 4.78 is 4.84. The molecule has 26 heavy (non-hydrogen) atoms. The molecule has 3 rings (SSSR count). The van der Waals surface area contributed by atoms with Crippen molar-refractivity contribution >= 4 is 21.8 Å². The highest BCUT2D eigenvalue weighted by molar-refractivity contribution is 9.10. The minimum Gasteiger partial charge on any atom is -0.348 e. The summed E-state index contributed by atoms with van der Waals surface area (Å²) in [6.45, 7) is 8.01. The van der Waals surface area contributed by atoms with Crippen LogP contribution in [-0.2, 0) is 19.6 Å². The predicted molar refractivity (Wildman–Crippen MR) is 104 cm³/mol. The molecule has 136 valence electrons. The number of carbonyl (C=O) groups is 1. The Morgan fingerprint density at radius 3 is 2.50 bits per heavy atom. The first-order valence-corrected chi connectivity index (χ1v) is 9.35. The third-order valence-corrected chi connectivity index (χ3v) is 5.45. The van der Waals surface area contributed by atoms with Crippen LogP contribution in [0.15, 0.2) is 41.1 Å². The number of benzene rings is 1. The van der Waals surface area contributed by atoms with Crippen LogP contribution in [0, 0.1) is 13.8 Å². The Morgan fingerprint density at radius 1 is 1.19 bits per heavy atom. The third kappa shape index (κ3) is 4.04. The van der Waals surface area contributed by atoms with Gasteiger partial charge in [-0.25, -0.2) is 0 Å². The number of aromatic nitrogens is 4. The van der Waals surface area contributed by atoms with Crippen LogP contribution in [0.4, 0.5) is 0 Å². The second-order valence-electron chi connectivity index (χ2n) is 6.23. The SMILES string of the molecule is CCn1cc(CNC(=O)c2ccc(Cn3nc(C)c(Br)c3C)cc2)cn1. The molecule has 0 aliphatic carbocycles. The molecule has 0 atom stereocenters. The van der Waals surface area contributed by atoms with E-state index in [9.17, 15) is 4.79 Å². The average molecular weight is 416 g/mol. The minimum absolute atomic E-state index is 0.0883. The van der Waals surface area contributed by atoms with E-state index in [-0.39, 0.29) is 5.91 Å². The van der Waals surface area contributed by atoms with E-state index in [1.807, 2.05) is 60.6 Å². The van der Waals surface area contributed by atoms with Gasteiger partial charge in [0.25, 0.3) is 5.91 Å². The lowest BCUT2D eigenvalue weighted by atomic mass is 10.1. The molecule has 2 heterocycles. The summed E-state index contributed by atoms with van der Waals surface area (Å²) in [6.07, 6.45) is 3.72. The summed E-state index contributed by atoms with van der Waals surface area (Å²) in [4.78, 5) is 12.3. The predicted octanol–water partition coefficient (Wildman–Crippen LogP) is 3.46. The maximum Gasteiger partial charge on any atom is 0.251 e. The van der Waals surface area contributed by atoms with Crippen molar-refractivity contribution in [1.29, 1.82) is 0 Å². The standard InChI is InChI=1S/C19H22BrN5O/c1-4-24-11-16(10-22-24)9-21-19(26)17-7-5-15(6-8-17)12-25-14(3)18(20)13(2)23-25/h5-8,10-11H,4,9,12H2,1-3H3,(H,21,26). The second kappa shape index (κ2) is 7.86. The molecule has 1 aromatic carbocycles. The number of hydrogen-bond acceptors (Lipinski definition) is 3. The van der Waals surface area contributed by atoms with Gasteiger partial charge in [-0.2, -0.15) is 10.2 Å². The van der Waals surface area contributed by atoms with Crippen LogP contribution in [0.5, 0.6) is 0 Å². The first kappa shape index (κ1) is 18.4. The number of carbonyl (C=O) groups excluding carboxylic acids is 1. The van der Waals surface area contributed by atoms with E-state index < -0.39 is 0 Å². The van der Waals surface area contributed by atoms with E-state index in [1.54, 1.807) is 6.20 Å². The summed E-state index contributed by atoms with van der Waals surface area (Å²) in [5.41, 5.74) is 4.81. The van der Waals surface area contributed by atoms with Gasteiger partial charge in [0.1, 0.15) is 0 Å². The molecule has 0 radical (unpaired) electrons. The van der Waals surface area contributed by atoms with Crippen LogP contribution >= 0.6 is 15.9 Å². The average Bonchev–Trinajstić information content (AvgIpc) is 3.21. The molecule has 6 nitrogen and oxygen atoms in total. The van der Waals surface area contributed by atoms with Crippen molar-refractivity contribution in [2.45, 2.75) is 40.4 Å². The zero-order valence-electron chi connectivity index (χ0n) is 15.2. The fourth-order valence-electron chi connectivity index (χ4n) is 2.72. The number of rotatable bonds is 6. The molecule has 1 N–H and O–H groups in total. The fourth-order valence-corrected chi connectivity index (χ4v) is 3.00. The van der Waals surface area contributed by atoms with Gasteiger partial charge in [-0.05, 0) is 54.4 Å². The molecule has 2 aromatic heterocycles. The number of amides is 1. The van der Waals surface area contributed by atoms with Crippen molar-refractivity contribution in [3.8, 4) is 0 Å². The van der Waals surface area contributed by atoms with E-state index in [1.165, 1.54) is 0 Å². The summed E-state index contributed by atoms with van der Waals surface area (Å²) in [7, 11) is 0. The van der Waals surface area contributed by atoms with E-state index in [4.69, 9.17) is 0 Å². The van der Waals surface area contributed by atoms with E-state index in [2.05, 4.69) is 31.4 Å². The summed E-state index contributed by atoms with van der Waals surface area (Å²) in [6, 6.07) is 7.63. The van der Waals surface area contributed by atoms with Crippen LogP contribution < -0.4 is 5.32 Å². The molecule has 0 aliphatic heterocycles. The molecule has 1 amide bonds. The number of nitrogens with zero attached hydrogens (tertiary/aromatic N) is 4. The molecule has 0 unspecified atom stereocenters. The van der Waals surface area contributed by atoms with Gasteiger partial charge in [0.15, 0.2) is 0 Å². The Hall–Kier alpha value is -2.41. The minimum atomic E-state index is -0.0883. The monoisotopic (exact) mass is 415 g/mol. The largest absolute Gasteiger partial charge is 0.348 e. The van der Waals surface area contributed by atoms with Gasteiger partial charge in [0.2, 0.25) is 0 Å². The maximum atomic E-state index is 12.3. The number of hydrogen-bond donors (Lipinski definition) is 1. The Labute approximate surface area is 161 Å². The Kier molecular flexibility index (Phi) is 5.56. The van der Waals surface area contributed by atoms with Gasteiger partial charge >= 0.3 is 0 Å².